The fourth-order valence-corrected chi connectivity index (χ4v) is 1.56. The molecule has 1 aliphatic heterocycles. The molecule has 2 heterocycles. The van der Waals surface area contributed by atoms with Crippen LogP contribution in [0.4, 0.5) is 5.82 Å². The molecular weight excluding hydrogens is 218 g/mol. The van der Waals surface area contributed by atoms with E-state index in [4.69, 9.17) is 0 Å². The summed E-state index contributed by atoms with van der Waals surface area (Å²) in [5.41, 5.74) is 1.79. The summed E-state index contributed by atoms with van der Waals surface area (Å²) < 4.78 is 0. The van der Waals surface area contributed by atoms with Gasteiger partial charge in [-0.25, -0.2) is 0 Å². The second-order valence-electron chi connectivity index (χ2n) is 3.32. The van der Waals surface area contributed by atoms with Crippen LogP contribution in [-0.4, -0.2) is 23.0 Å². The van der Waals surface area contributed by atoms with E-state index in [-0.39, 0.29) is 5.82 Å². The van der Waals surface area contributed by atoms with Gasteiger partial charge in [0.2, 0.25) is 0 Å². The molecule has 92 valence electrons. The maximum Gasteiger partial charge on any atom is 0.364 e. The van der Waals surface area contributed by atoms with Crippen molar-refractivity contribution in [1.82, 2.24) is 10.3 Å². The molecule has 5 nitrogen and oxygen atoms in total. The van der Waals surface area contributed by atoms with E-state index in [1.807, 2.05) is 26.0 Å². The molecule has 1 aromatic heterocycles. The molecule has 17 heavy (non-hydrogen) atoms. The molecule has 1 N–H and O–H groups in total. The van der Waals surface area contributed by atoms with Gasteiger partial charge < -0.3 is 15.4 Å². The minimum atomic E-state index is -0.467. The van der Waals surface area contributed by atoms with Crippen LogP contribution in [0.3, 0.4) is 0 Å². The van der Waals surface area contributed by atoms with E-state index < -0.39 is 4.92 Å². The quantitative estimate of drug-likeness (QED) is 0.631. The van der Waals surface area contributed by atoms with Crippen LogP contribution in [0.2, 0.25) is 0 Å². The van der Waals surface area contributed by atoms with Gasteiger partial charge in [0, 0.05) is 18.2 Å². The van der Waals surface area contributed by atoms with E-state index in [1.165, 1.54) is 6.07 Å². The van der Waals surface area contributed by atoms with E-state index in [2.05, 4.69) is 10.3 Å². The van der Waals surface area contributed by atoms with Crippen LogP contribution in [0, 0.1) is 10.1 Å². The number of nitrogens with zero attached hydrogens (tertiary/aromatic N) is 2. The van der Waals surface area contributed by atoms with E-state index in [0.29, 0.717) is 5.69 Å². The van der Waals surface area contributed by atoms with Crippen LogP contribution in [-0.2, 0) is 0 Å². The Labute approximate surface area is 101 Å². The Bertz CT molecular complexity index is 416. The van der Waals surface area contributed by atoms with Crippen LogP contribution in [0.25, 0.3) is 5.57 Å². The van der Waals surface area contributed by atoms with Gasteiger partial charge in [0.05, 0.1) is 0 Å². The molecule has 2 rings (SSSR count). The molecule has 0 saturated heterocycles. The lowest BCUT2D eigenvalue weighted by Crippen LogP contribution is -2.20. The summed E-state index contributed by atoms with van der Waals surface area (Å²) in [6, 6.07) is 4.89. The highest BCUT2D eigenvalue weighted by molar-refractivity contribution is 5.64. The number of hydrogen-bond donors (Lipinski definition) is 1. The lowest BCUT2D eigenvalue weighted by molar-refractivity contribution is -0.389. The molecule has 0 saturated carbocycles. The van der Waals surface area contributed by atoms with Gasteiger partial charge in [-0.3, -0.25) is 0 Å². The molecule has 5 heteroatoms. The van der Waals surface area contributed by atoms with Crippen LogP contribution in [0.15, 0.2) is 24.3 Å². The topological polar surface area (TPSA) is 68.1 Å². The minimum Gasteiger partial charge on any atom is -0.358 e. The summed E-state index contributed by atoms with van der Waals surface area (Å²) in [5, 5.41) is 13.7. The molecule has 0 aliphatic carbocycles. The van der Waals surface area contributed by atoms with Crippen molar-refractivity contribution >= 4 is 11.4 Å². The van der Waals surface area contributed by atoms with E-state index >= 15 is 0 Å². The van der Waals surface area contributed by atoms with Crippen molar-refractivity contribution < 1.29 is 4.92 Å². The number of rotatable bonds is 2. The number of hydrogen-bond acceptors (Lipinski definition) is 4. The molecule has 1 aromatic rings. The van der Waals surface area contributed by atoms with Gasteiger partial charge in [-0.15, -0.1) is 0 Å². The maximum atomic E-state index is 10.5. The molecule has 1 aliphatic rings. The van der Waals surface area contributed by atoms with E-state index in [1.54, 1.807) is 6.07 Å². The van der Waals surface area contributed by atoms with E-state index in [0.717, 1.165) is 25.1 Å². The fourth-order valence-electron chi connectivity index (χ4n) is 1.56. The van der Waals surface area contributed by atoms with Crippen LogP contribution in [0.1, 0.15) is 26.0 Å². The minimum absolute atomic E-state index is 0.0908. The lowest BCUT2D eigenvalue weighted by Gasteiger charge is -2.10. The predicted octanol–water partition coefficient (Wildman–Crippen LogP) is 2.39. The average Bonchev–Trinajstić information content (AvgIpc) is 2.42. The third kappa shape index (κ3) is 3.64. The fraction of sp³-hybridized carbons (Fsp3) is 0.417. The van der Waals surface area contributed by atoms with Gasteiger partial charge in [-0.05, 0) is 35.0 Å². The van der Waals surface area contributed by atoms with Crippen LogP contribution < -0.4 is 5.32 Å². The van der Waals surface area contributed by atoms with Crippen molar-refractivity contribution in [2.24, 2.45) is 0 Å². The van der Waals surface area contributed by atoms with Gasteiger partial charge in [-0.1, -0.05) is 19.9 Å². The van der Waals surface area contributed by atoms with Gasteiger partial charge in [0.15, 0.2) is 5.69 Å². The highest BCUT2D eigenvalue weighted by atomic mass is 16.6. The Balaban J connectivity index is 0.000000686. The smallest absolute Gasteiger partial charge is 0.358 e. The lowest BCUT2D eigenvalue weighted by atomic mass is 10.1. The molecule has 0 atom stereocenters. The summed E-state index contributed by atoms with van der Waals surface area (Å²) in [6.07, 6.45) is 2.89. The maximum absolute atomic E-state index is 10.5. The highest BCUT2D eigenvalue weighted by Gasteiger charge is 2.14. The Morgan fingerprint density at radius 1 is 1.41 bits per heavy atom. The number of aromatic nitrogens is 1. The number of nitro groups is 1. The van der Waals surface area contributed by atoms with Gasteiger partial charge in [0.1, 0.15) is 0 Å². The van der Waals surface area contributed by atoms with Crippen LogP contribution in [0.5, 0.6) is 0 Å². The first-order chi connectivity index (χ1) is 8.27. The van der Waals surface area contributed by atoms with E-state index in [9.17, 15) is 10.1 Å². The Morgan fingerprint density at radius 2 is 2.18 bits per heavy atom. The zero-order chi connectivity index (χ0) is 12.7. The van der Waals surface area contributed by atoms with Gasteiger partial charge >= 0.3 is 5.82 Å². The standard InChI is InChI=1S/C10H11N3O2.C2H6/c14-13(15)10-3-1-2-9(12-10)8-4-6-11-7-5-8;1-2/h1-4,11H,5-7H2;1-2H3. The zero-order valence-corrected chi connectivity index (χ0v) is 10.1. The predicted molar refractivity (Wildman–Crippen MR) is 67.7 cm³/mol. The molecule has 0 spiro atoms. The van der Waals surface area contributed by atoms with Gasteiger partial charge in [0.25, 0.3) is 0 Å². The van der Waals surface area contributed by atoms with Crippen molar-refractivity contribution in [2.75, 3.05) is 13.1 Å². The first-order valence-corrected chi connectivity index (χ1v) is 5.79. The third-order valence-electron chi connectivity index (χ3n) is 2.31. The summed E-state index contributed by atoms with van der Waals surface area (Å²) in [4.78, 5) is 14.1. The first-order valence-electron chi connectivity index (χ1n) is 5.79. The van der Waals surface area contributed by atoms with Crippen molar-refractivity contribution in [3.05, 3.63) is 40.1 Å². The second-order valence-corrected chi connectivity index (χ2v) is 3.32. The Morgan fingerprint density at radius 3 is 2.76 bits per heavy atom. The first kappa shape index (κ1) is 13.3. The molecule has 0 aromatic carbocycles. The Hall–Kier alpha value is -1.75. The molecular formula is C12H17N3O2. The van der Waals surface area contributed by atoms with Crippen molar-refractivity contribution in [1.29, 1.82) is 0 Å². The highest BCUT2D eigenvalue weighted by Crippen LogP contribution is 2.19. The zero-order valence-electron chi connectivity index (χ0n) is 10.1. The molecule has 0 radical (unpaired) electrons. The number of nitrogens with one attached hydrogen (secondary N) is 1. The number of pyridine rings is 1. The summed E-state index contributed by atoms with van der Waals surface area (Å²) >= 11 is 0. The molecule has 0 amide bonds. The summed E-state index contributed by atoms with van der Waals surface area (Å²) in [7, 11) is 0. The van der Waals surface area contributed by atoms with Crippen molar-refractivity contribution in [3.63, 3.8) is 0 Å². The largest absolute Gasteiger partial charge is 0.364 e. The molecule has 0 bridgehead atoms. The third-order valence-corrected chi connectivity index (χ3v) is 2.31. The summed E-state index contributed by atoms with van der Waals surface area (Å²) in [5.74, 6) is -0.0908. The van der Waals surface area contributed by atoms with Crippen molar-refractivity contribution in [3.8, 4) is 0 Å². The second kappa shape index (κ2) is 6.75. The molecule has 0 unspecified atom stereocenters. The average molecular weight is 235 g/mol. The SMILES string of the molecule is CC.O=[N+]([O-])c1cccc(C2=CCNCC2)n1. The Kier molecular flexibility index (Phi) is 5.29. The van der Waals surface area contributed by atoms with Gasteiger partial charge in [-0.2, -0.15) is 0 Å². The van der Waals surface area contributed by atoms with Crippen molar-refractivity contribution in [2.45, 2.75) is 20.3 Å². The molecule has 0 fully saturated rings. The summed E-state index contributed by atoms with van der Waals surface area (Å²) in [6.45, 7) is 5.70. The monoisotopic (exact) mass is 235 g/mol. The van der Waals surface area contributed by atoms with Crippen LogP contribution >= 0.6 is 0 Å². The normalized spacial score (nSPS) is 14.4.